The molecule has 0 aliphatic carbocycles. The molecular formula is C35H39FeN4. The molecule has 4 nitrogen and oxygen atoms in total. The second kappa shape index (κ2) is 12.4. The monoisotopic (exact) mass is 571 g/mol. The van der Waals surface area contributed by atoms with Gasteiger partial charge in [0.25, 0.3) is 0 Å². The van der Waals surface area contributed by atoms with Crippen molar-refractivity contribution in [3.8, 4) is 0 Å². The summed E-state index contributed by atoms with van der Waals surface area (Å²) in [6.07, 6.45) is 7.85. The Morgan fingerprint density at radius 3 is 1.88 bits per heavy atom. The predicted molar refractivity (Wildman–Crippen MR) is 169 cm³/mol. The SMILES string of the molecule is C=CC1=C(C)c2cc3[n-]c(cc4nc(cc5[n-]c(cc1n2)c(C)c5CCC)C(CCC)=C4C)c(C)c3C=C.[CH3-].[Fe+3]. The molecule has 0 unspecified atom stereocenters. The summed E-state index contributed by atoms with van der Waals surface area (Å²) in [5, 5.41) is 0. The van der Waals surface area contributed by atoms with Gasteiger partial charge in [-0.1, -0.05) is 93.0 Å². The van der Waals surface area contributed by atoms with Crippen LogP contribution < -0.4 is 9.97 Å². The van der Waals surface area contributed by atoms with E-state index in [-0.39, 0.29) is 24.5 Å². The number of hydrogen-bond donors (Lipinski definition) is 0. The smallest absolute Gasteiger partial charge is 0.657 e. The molecule has 5 rings (SSSR count). The third-order valence-electron chi connectivity index (χ3n) is 7.89. The predicted octanol–water partition coefficient (Wildman–Crippen LogP) is 9.08. The second-order valence-electron chi connectivity index (χ2n) is 10.3. The quantitative estimate of drug-likeness (QED) is 0.219. The molecule has 0 atom stereocenters. The Labute approximate surface area is 250 Å². The van der Waals surface area contributed by atoms with Gasteiger partial charge in [0.2, 0.25) is 0 Å². The van der Waals surface area contributed by atoms with Gasteiger partial charge in [-0.3, -0.25) is 0 Å². The van der Waals surface area contributed by atoms with Gasteiger partial charge >= 0.3 is 17.1 Å². The third-order valence-corrected chi connectivity index (χ3v) is 7.89. The maximum absolute atomic E-state index is 5.14. The molecule has 0 amide bonds. The molecule has 0 saturated carbocycles. The molecule has 0 saturated heterocycles. The molecule has 8 bridgehead atoms. The van der Waals surface area contributed by atoms with Crippen LogP contribution in [-0.2, 0) is 23.5 Å². The zero-order chi connectivity index (χ0) is 27.1. The minimum atomic E-state index is 0. The molecule has 0 aromatic carbocycles. The number of aryl methyl sites for hydroxylation is 3. The van der Waals surface area contributed by atoms with Crippen molar-refractivity contribution in [2.24, 2.45) is 0 Å². The standard InChI is InChI=1S/C34H36N4.CH3.Fe/c1-9-13-25-21(7)28-15-27-19(5)23(11-3)31(35-27)16-29-20(6)24(12-4)32(36-29)17-30-22(8)26(14-10-2)34(38-30)18-33(25)37-28;;/h11-12,15-18H,3-4,9-10,13-14H2,1-2,5-8H3;1H3;/q-2;-1;+3. The first-order chi connectivity index (χ1) is 18.3. The van der Waals surface area contributed by atoms with Gasteiger partial charge < -0.3 is 17.4 Å². The summed E-state index contributed by atoms with van der Waals surface area (Å²) in [5.41, 5.74) is 16.8. The Bertz CT molecular complexity index is 1710. The fourth-order valence-electron chi connectivity index (χ4n) is 5.65. The maximum atomic E-state index is 5.14. The number of rotatable bonds is 6. The summed E-state index contributed by atoms with van der Waals surface area (Å²) < 4.78 is 0. The Balaban J connectivity index is 0.00000220. The van der Waals surface area contributed by atoms with Crippen LogP contribution in [0.25, 0.3) is 50.4 Å². The van der Waals surface area contributed by atoms with E-state index in [2.05, 4.69) is 79.0 Å². The van der Waals surface area contributed by atoms with Gasteiger partial charge in [0.1, 0.15) is 0 Å². The first kappa shape index (κ1) is 31.1. The van der Waals surface area contributed by atoms with Gasteiger partial charge in [-0.25, -0.2) is 9.97 Å². The van der Waals surface area contributed by atoms with Crippen molar-refractivity contribution < 1.29 is 17.1 Å². The van der Waals surface area contributed by atoms with Crippen LogP contribution in [0.15, 0.2) is 43.5 Å². The Morgan fingerprint density at radius 2 is 1.23 bits per heavy atom. The molecule has 2 aliphatic rings. The van der Waals surface area contributed by atoms with Crippen LogP contribution in [0.1, 0.15) is 92.0 Å². The van der Waals surface area contributed by atoms with Crippen molar-refractivity contribution >= 4 is 50.4 Å². The van der Waals surface area contributed by atoms with Crippen LogP contribution in [-0.4, -0.2) is 9.97 Å². The van der Waals surface area contributed by atoms with Gasteiger partial charge in [-0.15, -0.1) is 22.1 Å². The molecule has 5 heteroatoms. The van der Waals surface area contributed by atoms with E-state index in [4.69, 9.17) is 19.9 Å². The average Bonchev–Trinajstić information content (AvgIpc) is 3.55. The summed E-state index contributed by atoms with van der Waals surface area (Å²) in [7, 11) is 0. The Hall–Kier alpha value is -3.40. The average molecular weight is 572 g/mol. The molecule has 1 radical (unpaired) electrons. The van der Waals surface area contributed by atoms with Crippen LogP contribution in [0.5, 0.6) is 0 Å². The van der Waals surface area contributed by atoms with Crippen molar-refractivity contribution in [1.29, 1.82) is 0 Å². The zero-order valence-electron chi connectivity index (χ0n) is 24.8. The van der Waals surface area contributed by atoms with Crippen LogP contribution in [0.3, 0.4) is 0 Å². The number of aromatic nitrogens is 4. The van der Waals surface area contributed by atoms with E-state index in [1.54, 1.807) is 0 Å². The molecule has 2 aliphatic heterocycles. The molecule has 0 fully saturated rings. The number of fused-ring (bicyclic) bond motifs is 8. The molecule has 3 aromatic heterocycles. The van der Waals surface area contributed by atoms with Crippen molar-refractivity contribution in [3.63, 3.8) is 0 Å². The first-order valence-corrected chi connectivity index (χ1v) is 13.6. The first-order valence-electron chi connectivity index (χ1n) is 13.6. The fourth-order valence-corrected chi connectivity index (χ4v) is 5.65. The van der Waals surface area contributed by atoms with Gasteiger partial charge in [0, 0.05) is 5.57 Å². The van der Waals surface area contributed by atoms with E-state index in [0.29, 0.717) is 0 Å². The normalized spacial score (nSPS) is 12.8. The topological polar surface area (TPSA) is 54.0 Å². The van der Waals surface area contributed by atoms with Gasteiger partial charge in [-0.05, 0) is 62.8 Å². The van der Waals surface area contributed by atoms with Gasteiger partial charge in [0.15, 0.2) is 0 Å². The second-order valence-corrected chi connectivity index (χ2v) is 10.3. The van der Waals surface area contributed by atoms with E-state index in [1.165, 1.54) is 22.3 Å². The minimum Gasteiger partial charge on any atom is -0.657 e. The number of hydrogen-bond acceptors (Lipinski definition) is 2. The van der Waals surface area contributed by atoms with Crippen LogP contribution in [0.2, 0.25) is 0 Å². The Kier molecular flexibility index (Phi) is 9.66. The Morgan fingerprint density at radius 1 is 0.675 bits per heavy atom. The summed E-state index contributed by atoms with van der Waals surface area (Å²) in [6, 6.07) is 8.50. The van der Waals surface area contributed by atoms with Crippen molar-refractivity contribution in [2.75, 3.05) is 0 Å². The molecule has 3 aromatic rings. The largest absolute Gasteiger partial charge is 3.00 e. The summed E-state index contributed by atoms with van der Waals surface area (Å²) in [5.74, 6) is 0. The summed E-state index contributed by atoms with van der Waals surface area (Å²) in [6.45, 7) is 21.2. The number of allylic oxidation sites excluding steroid dienone is 5. The summed E-state index contributed by atoms with van der Waals surface area (Å²) in [4.78, 5) is 20.4. The molecule has 40 heavy (non-hydrogen) atoms. The molecule has 0 N–H and O–H groups in total. The molecule has 207 valence electrons. The molecule has 0 spiro atoms. The zero-order valence-corrected chi connectivity index (χ0v) is 26.0. The van der Waals surface area contributed by atoms with Crippen molar-refractivity contribution in [2.45, 2.75) is 67.2 Å². The minimum absolute atomic E-state index is 0. The van der Waals surface area contributed by atoms with Crippen molar-refractivity contribution in [3.05, 3.63) is 96.0 Å². The van der Waals surface area contributed by atoms with Crippen LogP contribution in [0.4, 0.5) is 0 Å². The van der Waals surface area contributed by atoms with E-state index < -0.39 is 0 Å². The maximum Gasteiger partial charge on any atom is 3.00 e. The number of nitrogens with zero attached hydrogens (tertiary/aromatic N) is 4. The van der Waals surface area contributed by atoms with Gasteiger partial charge in [0.05, 0.1) is 22.8 Å². The molecular weight excluding hydrogens is 532 g/mol. The van der Waals surface area contributed by atoms with E-state index >= 15 is 0 Å². The fraction of sp³-hybridized carbons (Fsp3) is 0.286. The van der Waals surface area contributed by atoms with Gasteiger partial charge in [-0.2, -0.15) is 0 Å². The van der Waals surface area contributed by atoms with Crippen molar-refractivity contribution in [1.82, 2.24) is 19.9 Å². The molecule has 5 heterocycles. The van der Waals surface area contributed by atoms with E-state index in [1.807, 2.05) is 12.2 Å². The van der Waals surface area contributed by atoms with E-state index in [9.17, 15) is 0 Å². The van der Waals surface area contributed by atoms with Crippen LogP contribution >= 0.6 is 0 Å². The van der Waals surface area contributed by atoms with E-state index in [0.717, 1.165) is 92.8 Å². The van der Waals surface area contributed by atoms with Crippen LogP contribution in [0, 0.1) is 21.3 Å². The third kappa shape index (κ3) is 5.21. The summed E-state index contributed by atoms with van der Waals surface area (Å²) >= 11 is 0.